The molecule has 0 bridgehead atoms. The molecule has 0 aliphatic carbocycles. The van der Waals surface area contributed by atoms with Crippen molar-refractivity contribution in [2.75, 3.05) is 41.3 Å². The molecule has 57 heavy (non-hydrogen) atoms. The molecule has 0 saturated carbocycles. The second kappa shape index (κ2) is 15.1. The number of aromatic nitrogens is 5. The number of aromatic amines is 2. The topological polar surface area (TPSA) is 130 Å². The maximum Gasteiger partial charge on any atom is 0.245 e. The van der Waals surface area contributed by atoms with Gasteiger partial charge in [0.05, 0.1) is 40.3 Å². The predicted molar refractivity (Wildman–Crippen MR) is 220 cm³/mol. The van der Waals surface area contributed by atoms with Crippen molar-refractivity contribution in [2.45, 2.75) is 49.9 Å². The van der Waals surface area contributed by atoms with Crippen molar-refractivity contribution >= 4 is 33.9 Å². The first-order valence-electron chi connectivity index (χ1n) is 19.7. The lowest BCUT2D eigenvalue weighted by Crippen LogP contribution is -2.40. The van der Waals surface area contributed by atoms with Gasteiger partial charge in [-0.1, -0.05) is 60.7 Å². The number of benzene rings is 4. The molecule has 0 radical (unpaired) electrons. The van der Waals surface area contributed by atoms with E-state index in [1.54, 1.807) is 6.20 Å². The number of rotatable bonds is 10. The van der Waals surface area contributed by atoms with E-state index in [2.05, 4.69) is 15.0 Å². The summed E-state index contributed by atoms with van der Waals surface area (Å²) in [5, 5.41) is 0. The molecule has 4 aromatic carbocycles. The SMILES string of the molecule is CN(C)[C@@H](C(=O)N1CCC[C@H]1c1nc2cc(-c3cnc(-c4ccc5nc([C@@H]6CCCN6C(=O)[C@@H](c6ccccc6)N(C)C)[nH]c5c4)o3)ccc2[nH]1)c1ccccc1. The quantitative estimate of drug-likeness (QED) is 0.145. The number of hydrogen-bond donors (Lipinski definition) is 2. The Hall–Kier alpha value is -6.11. The van der Waals surface area contributed by atoms with E-state index in [4.69, 9.17) is 14.4 Å². The number of likely N-dealkylation sites (N-methyl/N-ethyl adjacent to an activating group) is 2. The van der Waals surface area contributed by atoms with Crippen LogP contribution in [0.1, 0.15) is 72.6 Å². The number of fused-ring (bicyclic) bond motifs is 2. The van der Waals surface area contributed by atoms with Crippen molar-refractivity contribution in [2.24, 2.45) is 0 Å². The summed E-state index contributed by atoms with van der Waals surface area (Å²) >= 11 is 0. The average Bonchev–Trinajstić information content (AvgIpc) is 4.06. The number of carbonyl (C=O) groups is 2. The van der Waals surface area contributed by atoms with Gasteiger partial charge in [-0.3, -0.25) is 19.4 Å². The lowest BCUT2D eigenvalue weighted by atomic mass is 10.0. The Morgan fingerprint density at radius 2 is 1.21 bits per heavy atom. The van der Waals surface area contributed by atoms with E-state index in [-0.39, 0.29) is 36.0 Å². The fraction of sp³-hybridized carbons (Fsp3) is 0.311. The first-order valence-corrected chi connectivity index (χ1v) is 19.7. The number of carbonyl (C=O) groups excluding carboxylic acids is 2. The largest absolute Gasteiger partial charge is 0.436 e. The van der Waals surface area contributed by atoms with Gasteiger partial charge in [0, 0.05) is 24.2 Å². The molecular weight excluding hydrogens is 715 g/mol. The summed E-state index contributed by atoms with van der Waals surface area (Å²) in [6.45, 7) is 1.39. The molecule has 2 saturated heterocycles. The van der Waals surface area contributed by atoms with Gasteiger partial charge in [0.15, 0.2) is 5.76 Å². The minimum absolute atomic E-state index is 0.0824. The molecule has 0 unspecified atom stereocenters. The van der Waals surface area contributed by atoms with Crippen LogP contribution >= 0.6 is 0 Å². The highest BCUT2D eigenvalue weighted by Crippen LogP contribution is 2.38. The maximum absolute atomic E-state index is 14.0. The van der Waals surface area contributed by atoms with Gasteiger partial charge in [-0.15, -0.1) is 0 Å². The van der Waals surface area contributed by atoms with Crippen LogP contribution in [0.25, 0.3) is 44.8 Å². The summed E-state index contributed by atoms with van der Waals surface area (Å²) in [6.07, 6.45) is 5.28. The molecule has 2 N–H and O–H groups in total. The van der Waals surface area contributed by atoms with Gasteiger partial charge in [0.25, 0.3) is 0 Å². The number of H-pyrrole nitrogens is 2. The van der Waals surface area contributed by atoms with Gasteiger partial charge < -0.3 is 24.2 Å². The fourth-order valence-electron chi connectivity index (χ4n) is 8.74. The molecule has 9 rings (SSSR count). The van der Waals surface area contributed by atoms with Crippen LogP contribution in [0.3, 0.4) is 0 Å². The van der Waals surface area contributed by atoms with E-state index in [9.17, 15) is 9.59 Å². The Kier molecular flexibility index (Phi) is 9.67. The number of hydrogen-bond acceptors (Lipinski definition) is 8. The van der Waals surface area contributed by atoms with Gasteiger partial charge in [0.2, 0.25) is 17.7 Å². The lowest BCUT2D eigenvalue weighted by molar-refractivity contribution is -0.138. The van der Waals surface area contributed by atoms with Crippen LogP contribution < -0.4 is 0 Å². The number of oxazole rings is 1. The van der Waals surface area contributed by atoms with Crippen LogP contribution in [0.4, 0.5) is 0 Å². The molecule has 2 aliphatic heterocycles. The number of imidazole rings is 2. The summed E-state index contributed by atoms with van der Waals surface area (Å²) in [6, 6.07) is 30.9. The zero-order valence-electron chi connectivity index (χ0n) is 32.7. The molecule has 290 valence electrons. The van der Waals surface area contributed by atoms with E-state index in [1.165, 1.54) is 0 Å². The maximum atomic E-state index is 14.0. The third-order valence-electron chi connectivity index (χ3n) is 11.5. The number of likely N-dealkylation sites (tertiary alicyclic amines) is 2. The van der Waals surface area contributed by atoms with Crippen molar-refractivity contribution in [3.63, 3.8) is 0 Å². The second-order valence-corrected chi connectivity index (χ2v) is 15.7. The zero-order valence-corrected chi connectivity index (χ0v) is 32.7. The molecule has 2 fully saturated rings. The summed E-state index contributed by atoms with van der Waals surface area (Å²) < 4.78 is 6.35. The Balaban J connectivity index is 0.930. The Bertz CT molecular complexity index is 2370. The van der Waals surface area contributed by atoms with Gasteiger partial charge in [-0.05, 0) is 101 Å². The van der Waals surface area contributed by atoms with Crippen LogP contribution in [0.2, 0.25) is 0 Å². The standard InChI is InChI=1S/C45H47N9O3/c1-51(2)39(28-13-7-5-8-14-28)44(55)53-23-11-17-36(53)41-47-32-21-19-30(25-34(32)49-41)38-27-46-43(57-38)31-20-22-33-35(26-31)50-42(48-33)37-18-12-24-54(37)45(56)40(52(3)4)29-15-9-6-10-16-29/h5-10,13-16,19-22,25-27,36-37,39-40H,11-12,17-18,23-24H2,1-4H3,(H,47,49)(H,48,50)/t36-,37-,39+,40+/m0/s1. The van der Waals surface area contributed by atoms with E-state index in [1.807, 2.05) is 145 Å². The minimum atomic E-state index is -0.368. The molecule has 7 aromatic rings. The van der Waals surface area contributed by atoms with Crippen LogP contribution in [-0.4, -0.2) is 97.6 Å². The summed E-state index contributed by atoms with van der Waals surface area (Å²) in [5.74, 6) is 2.87. The van der Waals surface area contributed by atoms with E-state index in [0.29, 0.717) is 24.7 Å². The van der Waals surface area contributed by atoms with Gasteiger partial charge in [-0.2, -0.15) is 0 Å². The number of amides is 2. The highest BCUT2D eigenvalue weighted by molar-refractivity contribution is 5.86. The molecule has 5 heterocycles. The zero-order chi connectivity index (χ0) is 39.2. The highest BCUT2D eigenvalue weighted by atomic mass is 16.4. The second-order valence-electron chi connectivity index (χ2n) is 15.7. The van der Waals surface area contributed by atoms with E-state index < -0.39 is 0 Å². The first-order chi connectivity index (χ1) is 27.7. The monoisotopic (exact) mass is 761 g/mol. The van der Waals surface area contributed by atoms with Gasteiger partial charge in [-0.25, -0.2) is 15.0 Å². The molecule has 4 atom stereocenters. The molecule has 2 aliphatic rings. The molecule has 3 aromatic heterocycles. The molecular formula is C45H47N9O3. The summed E-state index contributed by atoms with van der Waals surface area (Å²) in [5.41, 5.74) is 7.03. The average molecular weight is 762 g/mol. The fourth-order valence-corrected chi connectivity index (χ4v) is 8.74. The Morgan fingerprint density at radius 3 is 1.79 bits per heavy atom. The third-order valence-corrected chi connectivity index (χ3v) is 11.5. The summed E-state index contributed by atoms with van der Waals surface area (Å²) in [7, 11) is 7.80. The van der Waals surface area contributed by atoms with Crippen LogP contribution in [0.5, 0.6) is 0 Å². The molecule has 12 nitrogen and oxygen atoms in total. The van der Waals surface area contributed by atoms with E-state index >= 15 is 0 Å². The van der Waals surface area contributed by atoms with Crippen molar-refractivity contribution in [3.8, 4) is 22.8 Å². The Labute approximate surface area is 331 Å². The van der Waals surface area contributed by atoms with Gasteiger partial charge >= 0.3 is 0 Å². The van der Waals surface area contributed by atoms with Crippen molar-refractivity contribution < 1.29 is 14.0 Å². The van der Waals surface area contributed by atoms with Crippen LogP contribution in [-0.2, 0) is 9.59 Å². The number of nitrogens with one attached hydrogen (secondary N) is 2. The normalized spacial score (nSPS) is 18.4. The van der Waals surface area contributed by atoms with Crippen molar-refractivity contribution in [1.29, 1.82) is 0 Å². The molecule has 0 spiro atoms. The first kappa shape index (κ1) is 36.5. The molecule has 2 amide bonds. The minimum Gasteiger partial charge on any atom is -0.436 e. The van der Waals surface area contributed by atoms with Crippen LogP contribution in [0.15, 0.2) is 108 Å². The third kappa shape index (κ3) is 6.89. The number of nitrogens with zero attached hydrogens (tertiary/aromatic N) is 7. The Morgan fingerprint density at radius 1 is 0.667 bits per heavy atom. The highest BCUT2D eigenvalue weighted by Gasteiger charge is 2.38. The predicted octanol–water partition coefficient (Wildman–Crippen LogP) is 7.69. The smallest absolute Gasteiger partial charge is 0.245 e. The van der Waals surface area contributed by atoms with Gasteiger partial charge in [0.1, 0.15) is 23.7 Å². The van der Waals surface area contributed by atoms with Crippen molar-refractivity contribution in [1.82, 2.24) is 44.5 Å². The van der Waals surface area contributed by atoms with Crippen molar-refractivity contribution in [3.05, 3.63) is 126 Å². The van der Waals surface area contributed by atoms with E-state index in [0.717, 1.165) is 81.7 Å². The lowest BCUT2D eigenvalue weighted by Gasteiger charge is -2.31. The summed E-state index contributed by atoms with van der Waals surface area (Å²) in [4.78, 5) is 57.6. The van der Waals surface area contributed by atoms with Crippen LogP contribution in [0, 0.1) is 0 Å². The molecule has 12 heteroatoms.